The van der Waals surface area contributed by atoms with Gasteiger partial charge in [-0.25, -0.2) is 16.8 Å². The zero-order chi connectivity index (χ0) is 40.8. The van der Waals surface area contributed by atoms with Gasteiger partial charge in [0.1, 0.15) is 20.2 Å². The van der Waals surface area contributed by atoms with Gasteiger partial charge in [0.15, 0.2) is 0 Å². The summed E-state index contributed by atoms with van der Waals surface area (Å²) in [5, 5.41) is 2.87. The van der Waals surface area contributed by atoms with E-state index in [9.17, 15) is 25.9 Å². The molecule has 0 spiro atoms. The number of fused-ring (bicyclic) bond motifs is 2. The first-order valence-corrected chi connectivity index (χ1v) is 24.8. The minimum atomic E-state index is -4.49. The van der Waals surface area contributed by atoms with Crippen molar-refractivity contribution in [3.63, 3.8) is 0 Å². The number of hydrogen-bond acceptors (Lipinski definition) is 6. The third kappa shape index (κ3) is 19.4. The maximum Gasteiger partial charge on any atom is 2.00 e. The predicted octanol–water partition coefficient (Wildman–Crippen LogP) is 13.2. The Labute approximate surface area is 387 Å². The first-order valence-electron chi connectivity index (χ1n) is 21.9. The van der Waals surface area contributed by atoms with Crippen LogP contribution in [0.1, 0.15) is 178 Å². The first kappa shape index (κ1) is 51.9. The van der Waals surface area contributed by atoms with E-state index in [2.05, 4.69) is 52.0 Å². The molecule has 0 radical (unpaired) electrons. The maximum atomic E-state index is 11.9. The van der Waals surface area contributed by atoms with Crippen LogP contribution in [0.2, 0.25) is 0 Å². The van der Waals surface area contributed by atoms with Gasteiger partial charge in [-0.2, -0.15) is 0 Å². The summed E-state index contributed by atoms with van der Waals surface area (Å²) in [5.41, 5.74) is 4.12. The van der Waals surface area contributed by atoms with Crippen molar-refractivity contribution in [1.29, 1.82) is 0 Å². The van der Waals surface area contributed by atoms with Crippen LogP contribution in [0.4, 0.5) is 0 Å². The van der Waals surface area contributed by atoms with Gasteiger partial charge < -0.3 is 9.11 Å². The van der Waals surface area contributed by atoms with Gasteiger partial charge in [-0.3, -0.25) is 0 Å². The average molecular weight is 945 g/mol. The third-order valence-electron chi connectivity index (χ3n) is 10.9. The molecule has 0 saturated heterocycles. The fourth-order valence-electron chi connectivity index (χ4n) is 7.60. The van der Waals surface area contributed by atoms with E-state index in [-0.39, 0.29) is 58.7 Å². The Hall–Kier alpha value is -1.21. The van der Waals surface area contributed by atoms with E-state index in [1.807, 2.05) is 24.3 Å². The summed E-state index contributed by atoms with van der Waals surface area (Å²) in [6.45, 7) is 8.78. The quantitative estimate of drug-likeness (QED) is 0.0352. The van der Waals surface area contributed by atoms with E-state index in [1.54, 1.807) is 12.1 Å². The molecule has 4 rings (SSSR count). The van der Waals surface area contributed by atoms with Gasteiger partial charge in [0, 0.05) is 0 Å². The Morgan fingerprint density at radius 3 is 0.930 bits per heavy atom. The molecule has 4 aromatic carbocycles. The van der Waals surface area contributed by atoms with E-state index < -0.39 is 20.2 Å². The Morgan fingerprint density at radius 1 is 0.368 bits per heavy atom. The summed E-state index contributed by atoms with van der Waals surface area (Å²) in [4.78, 5) is -0.109. The standard InChI is InChI=1S/2C24H36O3S.Ba/c2*1-3-5-7-9-11-13-20-15-16-22-17-21(14-12-10-8-6-4-2)19-24(23(22)18-20)28(25,26)27;/h2*15-19H,3-14H2,1-2H3,(H,25,26,27);/q;;+2/p-2. The minimum Gasteiger partial charge on any atom is -0.744 e. The minimum absolute atomic E-state index is 0. The largest absolute Gasteiger partial charge is 2.00 e. The zero-order valence-electron chi connectivity index (χ0n) is 35.7. The van der Waals surface area contributed by atoms with E-state index in [4.69, 9.17) is 0 Å². The van der Waals surface area contributed by atoms with Gasteiger partial charge >= 0.3 is 48.9 Å². The van der Waals surface area contributed by atoms with Crippen molar-refractivity contribution in [1.82, 2.24) is 0 Å². The van der Waals surface area contributed by atoms with E-state index in [0.29, 0.717) is 10.8 Å². The summed E-state index contributed by atoms with van der Waals surface area (Å²) in [5.74, 6) is 0. The fraction of sp³-hybridized carbons (Fsp3) is 0.583. The van der Waals surface area contributed by atoms with Crippen LogP contribution < -0.4 is 0 Å². The van der Waals surface area contributed by atoms with Crippen molar-refractivity contribution in [3.8, 4) is 0 Å². The molecule has 312 valence electrons. The third-order valence-corrected chi connectivity index (χ3v) is 12.6. The molecule has 0 amide bonds. The van der Waals surface area contributed by atoms with Crippen LogP contribution in [-0.4, -0.2) is 74.8 Å². The molecule has 0 N–H and O–H groups in total. The summed E-state index contributed by atoms with van der Waals surface area (Å²) < 4.78 is 71.4. The Bertz CT molecular complexity index is 1830. The molecule has 0 fully saturated rings. The molecular formula is C48H70BaO6S2. The van der Waals surface area contributed by atoms with Gasteiger partial charge in [0.2, 0.25) is 0 Å². The van der Waals surface area contributed by atoms with Gasteiger partial charge in [-0.05, 0) is 119 Å². The molecule has 0 heterocycles. The molecule has 0 aliphatic rings. The molecule has 0 aliphatic heterocycles. The average Bonchev–Trinajstić information content (AvgIpc) is 3.16. The molecule has 0 unspecified atom stereocenters. The molecule has 57 heavy (non-hydrogen) atoms. The Kier molecular flexibility index (Phi) is 25.8. The molecule has 0 bridgehead atoms. The fourth-order valence-corrected chi connectivity index (χ4v) is 9.09. The van der Waals surface area contributed by atoms with Gasteiger partial charge in [-0.1, -0.05) is 167 Å². The van der Waals surface area contributed by atoms with Crippen LogP contribution in [0, 0.1) is 0 Å². The van der Waals surface area contributed by atoms with Crippen molar-refractivity contribution >= 4 is 90.7 Å². The van der Waals surface area contributed by atoms with Crippen molar-refractivity contribution in [2.75, 3.05) is 0 Å². The molecular weight excluding hydrogens is 874 g/mol. The van der Waals surface area contributed by atoms with Crippen LogP contribution in [-0.2, 0) is 45.9 Å². The number of benzene rings is 4. The molecule has 0 atom stereocenters. The van der Waals surface area contributed by atoms with Gasteiger partial charge in [0.25, 0.3) is 0 Å². The van der Waals surface area contributed by atoms with E-state index in [1.165, 1.54) is 89.9 Å². The number of aryl methyl sites for hydroxylation is 4. The smallest absolute Gasteiger partial charge is 0.744 e. The monoisotopic (exact) mass is 944 g/mol. The summed E-state index contributed by atoms with van der Waals surface area (Å²) >= 11 is 0. The van der Waals surface area contributed by atoms with Crippen LogP contribution >= 0.6 is 0 Å². The predicted molar refractivity (Wildman–Crippen MR) is 239 cm³/mol. The van der Waals surface area contributed by atoms with Crippen molar-refractivity contribution < 1.29 is 25.9 Å². The van der Waals surface area contributed by atoms with Crippen LogP contribution in [0.25, 0.3) is 21.5 Å². The van der Waals surface area contributed by atoms with Crippen LogP contribution in [0.15, 0.2) is 70.5 Å². The van der Waals surface area contributed by atoms with Crippen LogP contribution in [0.3, 0.4) is 0 Å². The molecule has 4 aromatic rings. The second-order valence-electron chi connectivity index (χ2n) is 15.9. The molecule has 0 aromatic heterocycles. The summed E-state index contributed by atoms with van der Waals surface area (Å²) in [7, 11) is -8.98. The number of unbranched alkanes of at least 4 members (excludes halogenated alkanes) is 16. The van der Waals surface area contributed by atoms with Crippen molar-refractivity contribution in [2.24, 2.45) is 0 Å². The van der Waals surface area contributed by atoms with E-state index in [0.717, 1.165) is 97.2 Å². The van der Waals surface area contributed by atoms with Crippen molar-refractivity contribution in [3.05, 3.63) is 82.9 Å². The number of hydrogen-bond donors (Lipinski definition) is 0. The molecule has 0 saturated carbocycles. The molecule has 9 heteroatoms. The molecule has 0 aliphatic carbocycles. The van der Waals surface area contributed by atoms with Crippen LogP contribution in [0.5, 0.6) is 0 Å². The van der Waals surface area contributed by atoms with Gasteiger partial charge in [-0.15, -0.1) is 0 Å². The normalized spacial score (nSPS) is 11.8. The second kappa shape index (κ2) is 28.3. The van der Waals surface area contributed by atoms with E-state index >= 15 is 0 Å². The Balaban J connectivity index is 0.000000387. The summed E-state index contributed by atoms with van der Waals surface area (Å²) in [6.07, 6.45) is 27.2. The van der Waals surface area contributed by atoms with Crippen molar-refractivity contribution in [2.45, 2.75) is 192 Å². The first-order chi connectivity index (χ1) is 26.9. The Morgan fingerprint density at radius 2 is 0.649 bits per heavy atom. The van der Waals surface area contributed by atoms with Gasteiger partial charge in [0.05, 0.1) is 9.79 Å². The second-order valence-corrected chi connectivity index (χ2v) is 18.6. The molecule has 6 nitrogen and oxygen atoms in total. The topological polar surface area (TPSA) is 114 Å². The SMILES string of the molecule is CCCCCCCc1cc(S(=O)(=O)[O-])c2cc(CCCCCCC)ccc2c1.CCCCCCCc1cc(S(=O)(=O)[O-])c2cc(CCCCCCC)ccc2c1.[Ba+2]. The number of rotatable bonds is 26. The maximum absolute atomic E-state index is 11.9. The zero-order valence-corrected chi connectivity index (χ0v) is 41.8. The summed E-state index contributed by atoms with van der Waals surface area (Å²) in [6, 6.07) is 19.2.